The summed E-state index contributed by atoms with van der Waals surface area (Å²) in [5.41, 5.74) is 1.53. The van der Waals surface area contributed by atoms with Crippen LogP contribution in [0.4, 0.5) is 0 Å². The third-order valence-corrected chi connectivity index (χ3v) is 2.67. The van der Waals surface area contributed by atoms with Gasteiger partial charge in [-0.1, -0.05) is 18.5 Å². The molecule has 2 N–H and O–H groups in total. The van der Waals surface area contributed by atoms with Crippen molar-refractivity contribution in [1.82, 2.24) is 0 Å². The molecule has 0 aliphatic heterocycles. The van der Waals surface area contributed by atoms with Gasteiger partial charge in [0.2, 0.25) is 0 Å². The Balaban J connectivity index is 2.78. The summed E-state index contributed by atoms with van der Waals surface area (Å²) in [6.07, 6.45) is 1.85. The molecular formula is C12H15ClO3. The molecule has 4 heteroatoms. The number of halogens is 1. The first kappa shape index (κ1) is 12.8. The SMILES string of the molecule is CCc1cc(Cl)cc(CCCC(=O)O)c1O. The van der Waals surface area contributed by atoms with E-state index in [2.05, 4.69) is 0 Å². The first-order valence-corrected chi connectivity index (χ1v) is 5.64. The predicted molar refractivity (Wildman–Crippen MR) is 63.1 cm³/mol. The van der Waals surface area contributed by atoms with Gasteiger partial charge in [0.25, 0.3) is 0 Å². The minimum absolute atomic E-state index is 0.105. The minimum Gasteiger partial charge on any atom is -0.507 e. The third kappa shape index (κ3) is 3.42. The molecule has 0 radical (unpaired) electrons. The van der Waals surface area contributed by atoms with Gasteiger partial charge in [0.1, 0.15) is 5.75 Å². The Morgan fingerprint density at radius 1 is 1.38 bits per heavy atom. The van der Waals surface area contributed by atoms with Crippen molar-refractivity contribution in [2.75, 3.05) is 0 Å². The lowest BCUT2D eigenvalue weighted by molar-refractivity contribution is -0.137. The van der Waals surface area contributed by atoms with Crippen LogP contribution < -0.4 is 0 Å². The van der Waals surface area contributed by atoms with Gasteiger partial charge >= 0.3 is 5.97 Å². The molecule has 1 aromatic rings. The summed E-state index contributed by atoms with van der Waals surface area (Å²) in [6, 6.07) is 3.43. The second kappa shape index (κ2) is 5.75. The first-order valence-electron chi connectivity index (χ1n) is 5.26. The van der Waals surface area contributed by atoms with Crippen molar-refractivity contribution in [2.24, 2.45) is 0 Å². The molecule has 0 atom stereocenters. The van der Waals surface area contributed by atoms with Crippen LogP contribution >= 0.6 is 11.6 Å². The molecule has 0 unspecified atom stereocenters. The molecule has 0 bridgehead atoms. The lowest BCUT2D eigenvalue weighted by Gasteiger charge is -2.09. The lowest BCUT2D eigenvalue weighted by atomic mass is 10.0. The maximum atomic E-state index is 10.4. The molecule has 0 heterocycles. The standard InChI is InChI=1S/C12H15ClO3/c1-2-8-6-10(13)7-9(12(8)16)4-3-5-11(14)15/h6-7,16H,2-5H2,1H3,(H,14,15). The number of aryl methyl sites for hydroxylation is 2. The molecule has 0 aromatic heterocycles. The molecule has 0 fully saturated rings. The van der Waals surface area contributed by atoms with E-state index in [1.165, 1.54) is 0 Å². The van der Waals surface area contributed by atoms with E-state index in [0.717, 1.165) is 11.1 Å². The summed E-state index contributed by atoms with van der Waals surface area (Å²) in [4.78, 5) is 10.4. The number of aliphatic carboxylic acids is 1. The highest BCUT2D eigenvalue weighted by molar-refractivity contribution is 6.30. The quantitative estimate of drug-likeness (QED) is 0.835. The number of rotatable bonds is 5. The Kier molecular flexibility index (Phi) is 4.62. The molecular weight excluding hydrogens is 228 g/mol. The number of phenols is 1. The van der Waals surface area contributed by atoms with Gasteiger partial charge in [-0.15, -0.1) is 0 Å². The van der Waals surface area contributed by atoms with Crippen molar-refractivity contribution in [1.29, 1.82) is 0 Å². The molecule has 88 valence electrons. The van der Waals surface area contributed by atoms with Gasteiger partial charge in [-0.3, -0.25) is 4.79 Å². The average Bonchev–Trinajstić information content (AvgIpc) is 2.22. The van der Waals surface area contributed by atoms with Crippen LogP contribution in [0.5, 0.6) is 5.75 Å². The van der Waals surface area contributed by atoms with Crippen molar-refractivity contribution in [3.63, 3.8) is 0 Å². The molecule has 3 nitrogen and oxygen atoms in total. The monoisotopic (exact) mass is 242 g/mol. The smallest absolute Gasteiger partial charge is 0.303 e. The molecule has 1 aromatic carbocycles. The fourth-order valence-electron chi connectivity index (χ4n) is 1.61. The number of phenolic OH excluding ortho intramolecular Hbond substituents is 1. The van der Waals surface area contributed by atoms with Crippen LogP contribution in [0.1, 0.15) is 30.9 Å². The van der Waals surface area contributed by atoms with Crippen LogP contribution in [-0.4, -0.2) is 16.2 Å². The van der Waals surface area contributed by atoms with E-state index in [0.29, 0.717) is 24.3 Å². The number of hydrogen-bond donors (Lipinski definition) is 2. The molecule has 0 amide bonds. The van der Waals surface area contributed by atoms with Gasteiger partial charge < -0.3 is 10.2 Å². The Bertz CT molecular complexity index is 388. The van der Waals surface area contributed by atoms with E-state index >= 15 is 0 Å². The summed E-state index contributed by atoms with van der Waals surface area (Å²) in [5, 5.41) is 19.0. The highest BCUT2D eigenvalue weighted by atomic mass is 35.5. The Hall–Kier alpha value is -1.22. The van der Waals surface area contributed by atoms with Gasteiger partial charge in [-0.05, 0) is 42.5 Å². The second-order valence-corrected chi connectivity index (χ2v) is 4.11. The summed E-state index contributed by atoms with van der Waals surface area (Å²) in [7, 11) is 0. The normalized spacial score (nSPS) is 10.4. The molecule has 1 rings (SSSR count). The van der Waals surface area contributed by atoms with Crippen molar-refractivity contribution < 1.29 is 15.0 Å². The van der Waals surface area contributed by atoms with E-state index in [1.54, 1.807) is 12.1 Å². The van der Waals surface area contributed by atoms with Crippen LogP contribution in [0.15, 0.2) is 12.1 Å². The van der Waals surface area contributed by atoms with E-state index in [-0.39, 0.29) is 12.2 Å². The maximum absolute atomic E-state index is 10.4. The number of hydrogen-bond acceptors (Lipinski definition) is 2. The van der Waals surface area contributed by atoms with E-state index < -0.39 is 5.97 Å². The molecule has 16 heavy (non-hydrogen) atoms. The van der Waals surface area contributed by atoms with Gasteiger partial charge in [0, 0.05) is 11.4 Å². The predicted octanol–water partition coefficient (Wildman–Crippen LogP) is 3.02. The van der Waals surface area contributed by atoms with Crippen LogP contribution in [0.3, 0.4) is 0 Å². The van der Waals surface area contributed by atoms with Crippen LogP contribution in [0.25, 0.3) is 0 Å². The number of carboxylic acids is 1. The van der Waals surface area contributed by atoms with E-state index in [9.17, 15) is 9.90 Å². The molecule has 0 spiro atoms. The topological polar surface area (TPSA) is 57.5 Å². The van der Waals surface area contributed by atoms with Gasteiger partial charge in [-0.2, -0.15) is 0 Å². The summed E-state index contributed by atoms with van der Waals surface area (Å²) in [5.74, 6) is -0.575. The molecule has 0 saturated heterocycles. The maximum Gasteiger partial charge on any atom is 0.303 e. The number of benzene rings is 1. The zero-order valence-corrected chi connectivity index (χ0v) is 9.92. The van der Waals surface area contributed by atoms with E-state index in [1.807, 2.05) is 6.92 Å². The average molecular weight is 243 g/mol. The summed E-state index contributed by atoms with van der Waals surface area (Å²) in [6.45, 7) is 1.94. The van der Waals surface area contributed by atoms with Gasteiger partial charge in [0.05, 0.1) is 0 Å². The van der Waals surface area contributed by atoms with Crippen LogP contribution in [0.2, 0.25) is 5.02 Å². The number of carbonyl (C=O) groups is 1. The van der Waals surface area contributed by atoms with Crippen molar-refractivity contribution >= 4 is 17.6 Å². The Morgan fingerprint density at radius 2 is 2.00 bits per heavy atom. The van der Waals surface area contributed by atoms with Crippen molar-refractivity contribution in [3.05, 3.63) is 28.3 Å². The second-order valence-electron chi connectivity index (χ2n) is 3.67. The Labute approximate surface area is 99.7 Å². The lowest BCUT2D eigenvalue weighted by Crippen LogP contribution is -1.97. The molecule has 0 saturated carbocycles. The van der Waals surface area contributed by atoms with Gasteiger partial charge in [0.15, 0.2) is 0 Å². The largest absolute Gasteiger partial charge is 0.507 e. The van der Waals surface area contributed by atoms with Crippen LogP contribution in [-0.2, 0) is 17.6 Å². The Morgan fingerprint density at radius 3 is 2.56 bits per heavy atom. The summed E-state index contributed by atoms with van der Waals surface area (Å²) < 4.78 is 0. The van der Waals surface area contributed by atoms with Gasteiger partial charge in [-0.25, -0.2) is 0 Å². The van der Waals surface area contributed by atoms with Crippen LogP contribution in [0, 0.1) is 0 Å². The number of carboxylic acid groups (broad SMARTS) is 1. The first-order chi connectivity index (χ1) is 7.54. The third-order valence-electron chi connectivity index (χ3n) is 2.45. The molecule has 0 aliphatic rings. The zero-order valence-electron chi connectivity index (χ0n) is 9.16. The fraction of sp³-hybridized carbons (Fsp3) is 0.417. The van der Waals surface area contributed by atoms with Crippen molar-refractivity contribution in [2.45, 2.75) is 32.6 Å². The molecule has 0 aliphatic carbocycles. The highest BCUT2D eigenvalue weighted by Crippen LogP contribution is 2.28. The van der Waals surface area contributed by atoms with Crippen molar-refractivity contribution in [3.8, 4) is 5.75 Å². The fourth-order valence-corrected chi connectivity index (χ4v) is 1.87. The highest BCUT2D eigenvalue weighted by Gasteiger charge is 2.08. The number of aromatic hydroxyl groups is 1. The minimum atomic E-state index is -0.822. The van der Waals surface area contributed by atoms with E-state index in [4.69, 9.17) is 16.7 Å². The summed E-state index contributed by atoms with van der Waals surface area (Å²) >= 11 is 5.91. The zero-order chi connectivity index (χ0) is 12.1.